The largest absolute Gasteiger partial charge is 0.278 e. The normalized spacial score (nSPS) is 16.3. The van der Waals surface area contributed by atoms with Crippen LogP contribution in [0.15, 0.2) is 34.3 Å². The van der Waals surface area contributed by atoms with Crippen molar-refractivity contribution in [2.75, 3.05) is 4.90 Å². The molecule has 1 heterocycles. The van der Waals surface area contributed by atoms with E-state index >= 15 is 0 Å². The minimum atomic E-state index is -0.581. The van der Waals surface area contributed by atoms with E-state index in [0.717, 1.165) is 10.5 Å². The molecule has 3 nitrogen and oxygen atoms in total. The Balaban J connectivity index is 2.46. The van der Waals surface area contributed by atoms with Crippen LogP contribution in [0.4, 0.5) is 5.69 Å². The summed E-state index contributed by atoms with van der Waals surface area (Å²) in [5.41, 5.74) is 1.42. The van der Waals surface area contributed by atoms with Crippen LogP contribution in [0.1, 0.15) is 5.56 Å². The van der Waals surface area contributed by atoms with Crippen molar-refractivity contribution >= 4 is 40.7 Å². The summed E-state index contributed by atoms with van der Waals surface area (Å²) >= 11 is 11.3. The summed E-state index contributed by atoms with van der Waals surface area (Å²) in [4.78, 5) is 24.3. The van der Waals surface area contributed by atoms with Crippen molar-refractivity contribution in [3.8, 4) is 0 Å². The summed E-state index contributed by atoms with van der Waals surface area (Å²) in [5.74, 6) is -1.16. The maximum absolute atomic E-state index is 11.7. The molecule has 1 aromatic rings. The van der Waals surface area contributed by atoms with Gasteiger partial charge in [-0.1, -0.05) is 35.3 Å². The Hall–Kier alpha value is -1.32. The molecule has 0 spiro atoms. The topological polar surface area (TPSA) is 37.4 Å². The number of rotatable bonds is 1. The zero-order valence-corrected chi connectivity index (χ0v) is 9.84. The van der Waals surface area contributed by atoms with Gasteiger partial charge in [-0.2, -0.15) is 0 Å². The lowest BCUT2D eigenvalue weighted by molar-refractivity contribution is -0.120. The highest BCUT2D eigenvalue weighted by Crippen LogP contribution is 2.31. The molecule has 0 aromatic heterocycles. The van der Waals surface area contributed by atoms with E-state index in [4.69, 9.17) is 23.2 Å². The fraction of sp³-hybridized carbons (Fsp3) is 0.0909. The highest BCUT2D eigenvalue weighted by atomic mass is 35.5. The number of carbonyl (C=O) groups is 2. The minimum Gasteiger partial charge on any atom is -0.267 e. The lowest BCUT2D eigenvalue weighted by atomic mass is 10.2. The van der Waals surface area contributed by atoms with Gasteiger partial charge in [0.15, 0.2) is 0 Å². The van der Waals surface area contributed by atoms with Gasteiger partial charge in [-0.3, -0.25) is 9.59 Å². The quantitative estimate of drug-likeness (QED) is 0.724. The first-order valence-corrected chi connectivity index (χ1v) is 5.28. The molecule has 0 saturated heterocycles. The van der Waals surface area contributed by atoms with Crippen LogP contribution in [-0.4, -0.2) is 11.8 Å². The fourth-order valence-electron chi connectivity index (χ4n) is 1.48. The van der Waals surface area contributed by atoms with Gasteiger partial charge in [0.1, 0.15) is 10.1 Å². The molecule has 0 atom stereocenters. The van der Waals surface area contributed by atoms with Gasteiger partial charge in [-0.25, -0.2) is 4.90 Å². The second kappa shape index (κ2) is 3.92. The van der Waals surface area contributed by atoms with Crippen LogP contribution in [0.2, 0.25) is 0 Å². The molecule has 0 N–H and O–H groups in total. The molecule has 5 heteroatoms. The van der Waals surface area contributed by atoms with Gasteiger partial charge in [-0.15, -0.1) is 0 Å². The second-order valence-electron chi connectivity index (χ2n) is 3.41. The van der Waals surface area contributed by atoms with Gasteiger partial charge in [-0.05, 0) is 24.6 Å². The maximum atomic E-state index is 11.7. The summed E-state index contributed by atoms with van der Waals surface area (Å²) in [7, 11) is 0. The number of aryl methyl sites for hydroxylation is 1. The van der Waals surface area contributed by atoms with Gasteiger partial charge in [0.2, 0.25) is 0 Å². The van der Waals surface area contributed by atoms with Gasteiger partial charge >= 0.3 is 0 Å². The number of anilines is 1. The molecule has 0 fully saturated rings. The van der Waals surface area contributed by atoms with E-state index < -0.39 is 11.8 Å². The highest BCUT2D eigenvalue weighted by Gasteiger charge is 2.37. The van der Waals surface area contributed by atoms with E-state index in [2.05, 4.69) is 0 Å². The van der Waals surface area contributed by atoms with Gasteiger partial charge < -0.3 is 0 Å². The van der Waals surface area contributed by atoms with Crippen molar-refractivity contribution in [2.45, 2.75) is 6.92 Å². The van der Waals surface area contributed by atoms with Crippen molar-refractivity contribution in [3.05, 3.63) is 39.9 Å². The summed E-state index contributed by atoms with van der Waals surface area (Å²) in [6, 6.07) is 6.99. The Morgan fingerprint density at radius 1 is 1.06 bits per heavy atom. The first kappa shape index (κ1) is 11.2. The predicted molar refractivity (Wildman–Crippen MR) is 62.4 cm³/mol. The Kier molecular flexibility index (Phi) is 2.74. The molecule has 0 unspecified atom stereocenters. The van der Waals surface area contributed by atoms with Crippen LogP contribution >= 0.6 is 23.2 Å². The van der Waals surface area contributed by atoms with Crippen molar-refractivity contribution in [1.82, 2.24) is 0 Å². The van der Waals surface area contributed by atoms with Crippen LogP contribution in [-0.2, 0) is 9.59 Å². The standard InChI is InChI=1S/C11H7Cl2NO2/c1-6-3-2-4-7(5-6)14-10(15)8(12)9(13)11(14)16/h2-5H,1H3. The average molecular weight is 256 g/mol. The summed E-state index contributed by atoms with van der Waals surface area (Å²) in [5, 5.41) is -0.457. The van der Waals surface area contributed by atoms with Crippen LogP contribution in [0, 0.1) is 6.92 Å². The number of nitrogens with zero attached hydrogens (tertiary/aromatic N) is 1. The zero-order chi connectivity index (χ0) is 11.9. The molecule has 0 bridgehead atoms. The number of benzene rings is 1. The van der Waals surface area contributed by atoms with Gasteiger partial charge in [0, 0.05) is 0 Å². The highest BCUT2D eigenvalue weighted by molar-refractivity contribution is 6.62. The third-order valence-electron chi connectivity index (χ3n) is 2.23. The van der Waals surface area contributed by atoms with Gasteiger partial charge in [0.25, 0.3) is 11.8 Å². The first-order chi connectivity index (χ1) is 7.52. The van der Waals surface area contributed by atoms with Crippen molar-refractivity contribution < 1.29 is 9.59 Å². The molecule has 16 heavy (non-hydrogen) atoms. The number of hydrogen-bond acceptors (Lipinski definition) is 2. The number of amides is 2. The molecule has 0 aliphatic carbocycles. The SMILES string of the molecule is Cc1cccc(N2C(=O)C(Cl)=C(Cl)C2=O)c1. The second-order valence-corrected chi connectivity index (χ2v) is 4.17. The molecular formula is C11H7Cl2NO2. The molecule has 82 valence electrons. The number of hydrogen-bond donors (Lipinski definition) is 0. The van der Waals surface area contributed by atoms with E-state index in [1.165, 1.54) is 0 Å². The average Bonchev–Trinajstić information content (AvgIpc) is 2.44. The van der Waals surface area contributed by atoms with Crippen molar-refractivity contribution in [2.24, 2.45) is 0 Å². The molecule has 1 aromatic carbocycles. The Bertz CT molecular complexity index is 498. The van der Waals surface area contributed by atoms with Crippen molar-refractivity contribution in [1.29, 1.82) is 0 Å². The van der Waals surface area contributed by atoms with Crippen LogP contribution in [0.3, 0.4) is 0 Å². The number of imide groups is 1. The third-order valence-corrected chi connectivity index (χ3v) is 3.03. The summed E-state index contributed by atoms with van der Waals surface area (Å²) in [6.07, 6.45) is 0. The fourth-order valence-corrected chi connectivity index (χ4v) is 1.81. The Morgan fingerprint density at radius 3 is 2.12 bits per heavy atom. The molecule has 2 amide bonds. The van der Waals surface area contributed by atoms with E-state index in [9.17, 15) is 9.59 Å². The van der Waals surface area contributed by atoms with Crippen LogP contribution in [0.25, 0.3) is 0 Å². The summed E-state index contributed by atoms with van der Waals surface area (Å²) in [6.45, 7) is 1.87. The monoisotopic (exact) mass is 255 g/mol. The third kappa shape index (κ3) is 1.62. The number of carbonyl (C=O) groups excluding carboxylic acids is 2. The molecule has 0 saturated carbocycles. The Morgan fingerprint density at radius 2 is 1.62 bits per heavy atom. The molecule has 2 rings (SSSR count). The summed E-state index contributed by atoms with van der Waals surface area (Å²) < 4.78 is 0. The lowest BCUT2D eigenvalue weighted by Crippen LogP contribution is -2.30. The number of halogens is 2. The molecule has 1 aliphatic rings. The van der Waals surface area contributed by atoms with E-state index in [0.29, 0.717) is 5.69 Å². The lowest BCUT2D eigenvalue weighted by Gasteiger charge is -2.14. The van der Waals surface area contributed by atoms with E-state index in [1.54, 1.807) is 18.2 Å². The molecule has 1 aliphatic heterocycles. The van der Waals surface area contributed by atoms with E-state index in [-0.39, 0.29) is 10.1 Å². The van der Waals surface area contributed by atoms with E-state index in [1.807, 2.05) is 13.0 Å². The predicted octanol–water partition coefficient (Wildman–Crippen LogP) is 2.56. The zero-order valence-electron chi connectivity index (χ0n) is 8.33. The Labute approximate surface area is 102 Å². The molecule has 0 radical (unpaired) electrons. The van der Waals surface area contributed by atoms with Crippen LogP contribution < -0.4 is 4.90 Å². The van der Waals surface area contributed by atoms with Gasteiger partial charge in [0.05, 0.1) is 5.69 Å². The smallest absolute Gasteiger partial charge is 0.267 e. The molecular weight excluding hydrogens is 249 g/mol. The van der Waals surface area contributed by atoms with Crippen molar-refractivity contribution in [3.63, 3.8) is 0 Å². The van der Waals surface area contributed by atoms with Crippen LogP contribution in [0.5, 0.6) is 0 Å². The maximum Gasteiger partial charge on any atom is 0.278 e. The minimum absolute atomic E-state index is 0.229. The first-order valence-electron chi connectivity index (χ1n) is 4.53.